The van der Waals surface area contributed by atoms with E-state index in [9.17, 15) is 4.79 Å². The van der Waals surface area contributed by atoms with Gasteiger partial charge in [-0.05, 0) is 29.8 Å². The van der Waals surface area contributed by atoms with Crippen molar-refractivity contribution in [2.45, 2.75) is 24.9 Å². The van der Waals surface area contributed by atoms with Gasteiger partial charge in [-0.2, -0.15) is 0 Å². The lowest BCUT2D eigenvalue weighted by atomic mass is 10.2. The number of carbonyl (C=O) groups excluding carboxylic acids is 1. The molecule has 122 valence electrons. The molecule has 0 bridgehead atoms. The Morgan fingerprint density at radius 3 is 2.74 bits per heavy atom. The fraction of sp³-hybridized carbons (Fsp3) is 0.353. The molecule has 2 aromatic rings. The second-order valence-electron chi connectivity index (χ2n) is 5.31. The van der Waals surface area contributed by atoms with Crippen LogP contribution in [0.4, 0.5) is 0 Å². The second kappa shape index (κ2) is 7.10. The Balaban J connectivity index is 1.81. The predicted molar refractivity (Wildman–Crippen MR) is 88.0 cm³/mol. The van der Waals surface area contributed by atoms with E-state index in [-0.39, 0.29) is 17.9 Å². The van der Waals surface area contributed by atoms with Gasteiger partial charge < -0.3 is 19.2 Å². The standard InChI is InChI=1S/C17H19NO4S/c1-21-13-4-2-12(3-5-13)10-18-16(20)8-9-23-17(18)15-7-6-14(11-19)22-15/h2-7,17,19H,8-11H2,1H3. The van der Waals surface area contributed by atoms with Crippen LogP contribution < -0.4 is 4.74 Å². The van der Waals surface area contributed by atoms with Crippen LogP contribution in [0.15, 0.2) is 40.8 Å². The maximum absolute atomic E-state index is 12.4. The number of nitrogens with zero attached hydrogens (tertiary/aromatic N) is 1. The van der Waals surface area contributed by atoms with Crippen LogP contribution in [0.25, 0.3) is 0 Å². The first-order chi connectivity index (χ1) is 11.2. The third-order valence-corrected chi connectivity index (χ3v) is 5.03. The summed E-state index contributed by atoms with van der Waals surface area (Å²) in [7, 11) is 1.63. The molecule has 1 amide bonds. The summed E-state index contributed by atoms with van der Waals surface area (Å²) in [5.74, 6) is 2.91. The van der Waals surface area contributed by atoms with Crippen LogP contribution in [0.5, 0.6) is 5.75 Å². The Morgan fingerprint density at radius 2 is 2.09 bits per heavy atom. The molecule has 23 heavy (non-hydrogen) atoms. The van der Waals surface area contributed by atoms with Gasteiger partial charge in [0.15, 0.2) is 0 Å². The fourth-order valence-electron chi connectivity index (χ4n) is 2.57. The number of hydrogen-bond acceptors (Lipinski definition) is 5. The van der Waals surface area contributed by atoms with Crippen molar-refractivity contribution in [3.05, 3.63) is 53.5 Å². The number of carbonyl (C=O) groups is 1. The zero-order chi connectivity index (χ0) is 16.2. The Hall–Kier alpha value is -1.92. The molecule has 1 atom stereocenters. The molecule has 1 aliphatic rings. The molecule has 1 N–H and O–H groups in total. The Bertz CT molecular complexity index is 667. The summed E-state index contributed by atoms with van der Waals surface area (Å²) in [5.41, 5.74) is 1.04. The normalized spacial score (nSPS) is 18.3. The summed E-state index contributed by atoms with van der Waals surface area (Å²) in [6, 6.07) is 11.3. The van der Waals surface area contributed by atoms with Gasteiger partial charge >= 0.3 is 0 Å². The number of amides is 1. The molecule has 3 rings (SSSR count). The lowest BCUT2D eigenvalue weighted by molar-refractivity contribution is -0.133. The van der Waals surface area contributed by atoms with Gasteiger partial charge in [-0.15, -0.1) is 11.8 Å². The predicted octanol–water partition coefficient (Wildman–Crippen LogP) is 2.94. The molecule has 1 saturated heterocycles. The number of furan rings is 1. The van der Waals surface area contributed by atoms with Gasteiger partial charge in [-0.25, -0.2) is 0 Å². The van der Waals surface area contributed by atoms with Crippen molar-refractivity contribution in [2.24, 2.45) is 0 Å². The van der Waals surface area contributed by atoms with Crippen LogP contribution in [0.1, 0.15) is 28.9 Å². The summed E-state index contributed by atoms with van der Waals surface area (Å²) in [6.07, 6.45) is 0.533. The van der Waals surface area contributed by atoms with Crippen molar-refractivity contribution in [3.8, 4) is 5.75 Å². The van der Waals surface area contributed by atoms with E-state index in [1.165, 1.54) is 0 Å². The van der Waals surface area contributed by atoms with E-state index < -0.39 is 0 Å². The van der Waals surface area contributed by atoms with Gasteiger partial charge in [-0.1, -0.05) is 12.1 Å². The number of thioether (sulfide) groups is 1. The van der Waals surface area contributed by atoms with Crippen LogP contribution in [-0.2, 0) is 17.9 Å². The van der Waals surface area contributed by atoms with Gasteiger partial charge in [0.25, 0.3) is 0 Å². The number of methoxy groups -OCH3 is 1. The van der Waals surface area contributed by atoms with E-state index in [2.05, 4.69) is 0 Å². The third kappa shape index (κ3) is 3.54. The summed E-state index contributed by atoms with van der Waals surface area (Å²) >= 11 is 1.68. The summed E-state index contributed by atoms with van der Waals surface area (Å²) < 4.78 is 10.8. The number of hydrogen-bond donors (Lipinski definition) is 1. The average molecular weight is 333 g/mol. The van der Waals surface area contributed by atoms with E-state index in [1.54, 1.807) is 24.9 Å². The molecule has 6 heteroatoms. The lowest BCUT2D eigenvalue weighted by Gasteiger charge is -2.34. The van der Waals surface area contributed by atoms with E-state index in [0.717, 1.165) is 17.1 Å². The van der Waals surface area contributed by atoms with Crippen molar-refractivity contribution in [2.75, 3.05) is 12.9 Å². The molecule has 0 aliphatic carbocycles. The quantitative estimate of drug-likeness (QED) is 0.911. The minimum atomic E-state index is -0.154. The zero-order valence-electron chi connectivity index (χ0n) is 12.9. The van der Waals surface area contributed by atoms with Gasteiger partial charge in [0.05, 0.1) is 7.11 Å². The Kier molecular flexibility index (Phi) is 4.93. The van der Waals surface area contributed by atoms with Crippen molar-refractivity contribution >= 4 is 17.7 Å². The molecule has 2 heterocycles. The Labute approximate surface area is 139 Å². The molecule has 1 aromatic heterocycles. The summed E-state index contributed by atoms with van der Waals surface area (Å²) in [4.78, 5) is 14.2. The highest BCUT2D eigenvalue weighted by molar-refractivity contribution is 7.99. The van der Waals surface area contributed by atoms with Crippen LogP contribution in [0.2, 0.25) is 0 Å². The molecule has 1 aromatic carbocycles. The van der Waals surface area contributed by atoms with Crippen molar-refractivity contribution in [1.82, 2.24) is 4.90 Å². The highest BCUT2D eigenvalue weighted by Crippen LogP contribution is 2.39. The van der Waals surface area contributed by atoms with Gasteiger partial charge in [0.2, 0.25) is 5.91 Å². The van der Waals surface area contributed by atoms with Gasteiger partial charge in [0, 0.05) is 18.7 Å². The van der Waals surface area contributed by atoms with Crippen LogP contribution in [0, 0.1) is 0 Å². The number of rotatable bonds is 5. The van der Waals surface area contributed by atoms with Crippen molar-refractivity contribution in [3.63, 3.8) is 0 Å². The molecule has 0 saturated carbocycles. The number of aliphatic hydroxyl groups excluding tert-OH is 1. The SMILES string of the molecule is COc1ccc(CN2C(=O)CCSC2c2ccc(CO)o2)cc1. The fourth-order valence-corrected chi connectivity index (χ4v) is 3.75. The average Bonchev–Trinajstić information content (AvgIpc) is 3.06. The minimum absolute atomic E-state index is 0.117. The maximum atomic E-state index is 12.4. The van der Waals surface area contributed by atoms with Gasteiger partial charge in [-0.3, -0.25) is 4.79 Å². The third-order valence-electron chi connectivity index (χ3n) is 3.79. The maximum Gasteiger partial charge on any atom is 0.224 e. The molecule has 0 spiro atoms. The lowest BCUT2D eigenvalue weighted by Crippen LogP contribution is -2.36. The Morgan fingerprint density at radius 1 is 1.30 bits per heavy atom. The van der Waals surface area contributed by atoms with Crippen LogP contribution in [-0.4, -0.2) is 28.8 Å². The topological polar surface area (TPSA) is 62.9 Å². The van der Waals surface area contributed by atoms with Gasteiger partial charge in [0.1, 0.15) is 29.3 Å². The smallest absolute Gasteiger partial charge is 0.224 e. The van der Waals surface area contributed by atoms with Crippen molar-refractivity contribution in [1.29, 1.82) is 0 Å². The minimum Gasteiger partial charge on any atom is -0.497 e. The highest BCUT2D eigenvalue weighted by atomic mass is 32.2. The molecule has 1 fully saturated rings. The highest BCUT2D eigenvalue weighted by Gasteiger charge is 2.32. The van der Waals surface area contributed by atoms with E-state index in [4.69, 9.17) is 14.3 Å². The monoisotopic (exact) mass is 333 g/mol. The molecule has 1 unspecified atom stereocenters. The van der Waals surface area contributed by atoms with Crippen molar-refractivity contribution < 1.29 is 19.1 Å². The molecular weight excluding hydrogens is 314 g/mol. The molecule has 1 aliphatic heterocycles. The zero-order valence-corrected chi connectivity index (χ0v) is 13.7. The number of aliphatic hydroxyl groups is 1. The molecular formula is C17H19NO4S. The summed E-state index contributed by atoms with van der Waals surface area (Å²) in [5, 5.41) is 9.00. The second-order valence-corrected chi connectivity index (χ2v) is 6.49. The summed E-state index contributed by atoms with van der Waals surface area (Å²) in [6.45, 7) is 0.388. The molecule has 0 radical (unpaired) electrons. The number of ether oxygens (including phenoxy) is 1. The van der Waals surface area contributed by atoms with Crippen LogP contribution in [0.3, 0.4) is 0 Å². The van der Waals surface area contributed by atoms with E-state index >= 15 is 0 Å². The largest absolute Gasteiger partial charge is 0.497 e. The van der Waals surface area contributed by atoms with E-state index in [1.807, 2.05) is 35.2 Å². The first kappa shape index (κ1) is 16.0. The molecule has 5 nitrogen and oxygen atoms in total. The number of benzene rings is 1. The van der Waals surface area contributed by atoms with E-state index in [0.29, 0.717) is 24.5 Å². The first-order valence-electron chi connectivity index (χ1n) is 7.44. The first-order valence-corrected chi connectivity index (χ1v) is 8.49. The van der Waals surface area contributed by atoms with Crippen LogP contribution >= 0.6 is 11.8 Å².